The predicted octanol–water partition coefficient (Wildman–Crippen LogP) is 2.42. The van der Waals surface area contributed by atoms with Crippen LogP contribution in [0.4, 0.5) is 0 Å². The van der Waals surface area contributed by atoms with E-state index >= 15 is 0 Å². The van der Waals surface area contributed by atoms with Gasteiger partial charge in [0, 0.05) is 0 Å². The third-order valence-electron chi connectivity index (χ3n) is 1.68. The molecule has 0 saturated carbocycles. The van der Waals surface area contributed by atoms with Crippen LogP contribution in [0.2, 0.25) is 0 Å². The topological polar surface area (TPSA) is 26.0 Å². The first-order valence-corrected chi connectivity index (χ1v) is 4.61. The molecule has 2 N–H and O–H groups in total. The smallest absolute Gasteiger partial charge is 0.00154 e. The molecule has 0 aliphatic heterocycles. The third-order valence-corrected chi connectivity index (χ3v) is 2.54. The second-order valence-electron chi connectivity index (χ2n) is 2.61. The van der Waals surface area contributed by atoms with E-state index in [1.807, 2.05) is 0 Å². The summed E-state index contributed by atoms with van der Waals surface area (Å²) in [6.07, 6.45) is 0.900. The molecule has 0 aliphatic carbocycles. The molecule has 1 rings (SSSR count). The molecule has 0 unspecified atom stereocenters. The van der Waals surface area contributed by atoms with Gasteiger partial charge in [-0.3, -0.25) is 0 Å². The van der Waals surface area contributed by atoms with Crippen LogP contribution in [-0.4, -0.2) is 6.54 Å². The lowest BCUT2D eigenvalue weighted by Gasteiger charge is -2.01. The zero-order valence-corrected chi connectivity index (χ0v) is 7.58. The molecule has 60 valence electrons. The predicted molar refractivity (Wildman–Crippen MR) is 51.8 cm³/mol. The second-order valence-corrected chi connectivity index (χ2v) is 3.35. The van der Waals surface area contributed by atoms with Crippen molar-refractivity contribution in [3.63, 3.8) is 0 Å². The van der Waals surface area contributed by atoms with Crippen molar-refractivity contribution in [2.45, 2.75) is 13.3 Å². The Kier molecular flexibility index (Phi) is 2.85. The van der Waals surface area contributed by atoms with E-state index in [2.05, 4.69) is 24.3 Å². The lowest BCUT2D eigenvalue weighted by Crippen LogP contribution is -1.99. The zero-order chi connectivity index (χ0) is 8.27. The fourth-order valence-corrected chi connectivity index (χ4v) is 1.92. The Hall–Kier alpha value is -0.600. The molecule has 1 aromatic rings. The summed E-state index contributed by atoms with van der Waals surface area (Å²) in [5.74, 6) is 0. The van der Waals surface area contributed by atoms with Gasteiger partial charge in [-0.15, -0.1) is 0 Å². The van der Waals surface area contributed by atoms with Gasteiger partial charge in [-0.05, 0) is 47.3 Å². The highest BCUT2D eigenvalue weighted by molar-refractivity contribution is 7.08. The maximum absolute atomic E-state index is 5.43. The second kappa shape index (κ2) is 3.69. The highest BCUT2D eigenvalue weighted by Gasteiger charge is 2.01. The molecule has 2 heteroatoms. The van der Waals surface area contributed by atoms with Crippen molar-refractivity contribution >= 4 is 16.9 Å². The first-order chi connectivity index (χ1) is 5.25. The highest BCUT2D eigenvalue weighted by atomic mass is 32.1. The fraction of sp³-hybridized carbons (Fsp3) is 0.333. The van der Waals surface area contributed by atoms with Gasteiger partial charge in [0.05, 0.1) is 0 Å². The summed E-state index contributed by atoms with van der Waals surface area (Å²) < 4.78 is 0. The van der Waals surface area contributed by atoms with Gasteiger partial charge in [-0.1, -0.05) is 6.58 Å². The van der Waals surface area contributed by atoms with E-state index in [0.29, 0.717) is 6.54 Å². The number of hydrogen-bond acceptors (Lipinski definition) is 2. The summed E-state index contributed by atoms with van der Waals surface area (Å²) in [5.41, 5.74) is 9.18. The molecule has 0 atom stereocenters. The van der Waals surface area contributed by atoms with Gasteiger partial charge < -0.3 is 5.73 Å². The van der Waals surface area contributed by atoms with Crippen molar-refractivity contribution in [1.82, 2.24) is 0 Å². The van der Waals surface area contributed by atoms with Crippen LogP contribution in [0.25, 0.3) is 5.57 Å². The highest BCUT2D eigenvalue weighted by Crippen LogP contribution is 2.22. The standard InChI is InChI=1S/C9H13NS/c1-7(3-4-10)9-6-11-5-8(9)2/h5-6H,1,3-4,10H2,2H3. The Bertz CT molecular complexity index is 250. The monoisotopic (exact) mass is 167 g/mol. The van der Waals surface area contributed by atoms with Crippen LogP contribution < -0.4 is 5.73 Å². The molecule has 0 bridgehead atoms. The molecule has 1 nitrogen and oxygen atoms in total. The van der Waals surface area contributed by atoms with Gasteiger partial charge in [0.15, 0.2) is 0 Å². The average Bonchev–Trinajstić information content (AvgIpc) is 2.36. The molecular weight excluding hydrogens is 154 g/mol. The van der Waals surface area contributed by atoms with Gasteiger partial charge in [0.2, 0.25) is 0 Å². The lowest BCUT2D eigenvalue weighted by atomic mass is 10.1. The molecule has 0 aliphatic rings. The number of rotatable bonds is 3. The van der Waals surface area contributed by atoms with Crippen LogP contribution >= 0.6 is 11.3 Å². The van der Waals surface area contributed by atoms with Crippen LogP contribution in [-0.2, 0) is 0 Å². The molecule has 0 radical (unpaired) electrons. The van der Waals surface area contributed by atoms with Crippen molar-refractivity contribution in [1.29, 1.82) is 0 Å². The molecule has 0 saturated heterocycles. The van der Waals surface area contributed by atoms with E-state index in [4.69, 9.17) is 5.73 Å². The molecule has 11 heavy (non-hydrogen) atoms. The average molecular weight is 167 g/mol. The third kappa shape index (κ3) is 1.91. The first kappa shape index (κ1) is 8.50. The Balaban J connectivity index is 2.76. The summed E-state index contributed by atoms with van der Waals surface area (Å²) in [6, 6.07) is 0. The summed E-state index contributed by atoms with van der Waals surface area (Å²) in [5, 5.41) is 4.27. The minimum Gasteiger partial charge on any atom is -0.330 e. The van der Waals surface area contributed by atoms with Crippen LogP contribution in [0, 0.1) is 6.92 Å². The minimum absolute atomic E-state index is 0.689. The van der Waals surface area contributed by atoms with Gasteiger partial charge in [0.1, 0.15) is 0 Å². The number of aryl methyl sites for hydroxylation is 1. The fourth-order valence-electron chi connectivity index (χ4n) is 1.03. The van der Waals surface area contributed by atoms with Crippen LogP contribution in [0.15, 0.2) is 17.3 Å². The minimum atomic E-state index is 0.689. The molecular formula is C9H13NS. The number of nitrogens with two attached hydrogens (primary N) is 1. The van der Waals surface area contributed by atoms with Gasteiger partial charge in [-0.2, -0.15) is 11.3 Å². The molecule has 1 heterocycles. The molecule has 1 aromatic heterocycles. The van der Waals surface area contributed by atoms with Crippen LogP contribution in [0.5, 0.6) is 0 Å². The van der Waals surface area contributed by atoms with E-state index in [9.17, 15) is 0 Å². The summed E-state index contributed by atoms with van der Waals surface area (Å²) >= 11 is 1.72. The molecule has 0 amide bonds. The normalized spacial score (nSPS) is 10.0. The van der Waals surface area contributed by atoms with Gasteiger partial charge >= 0.3 is 0 Å². The molecule has 0 fully saturated rings. The van der Waals surface area contributed by atoms with Crippen LogP contribution in [0.3, 0.4) is 0 Å². The van der Waals surface area contributed by atoms with Crippen LogP contribution in [0.1, 0.15) is 17.5 Å². The largest absolute Gasteiger partial charge is 0.330 e. The maximum atomic E-state index is 5.43. The molecule has 0 spiro atoms. The van der Waals surface area contributed by atoms with E-state index in [1.54, 1.807) is 11.3 Å². The Labute approximate surface area is 71.5 Å². The maximum Gasteiger partial charge on any atom is -0.00154 e. The van der Waals surface area contributed by atoms with Crippen molar-refractivity contribution in [3.8, 4) is 0 Å². The Morgan fingerprint density at radius 1 is 1.64 bits per heavy atom. The van der Waals surface area contributed by atoms with Crippen molar-refractivity contribution in [2.75, 3.05) is 6.54 Å². The SMILES string of the molecule is C=C(CCN)c1cscc1C. The van der Waals surface area contributed by atoms with E-state index in [1.165, 1.54) is 11.1 Å². The van der Waals surface area contributed by atoms with E-state index in [0.717, 1.165) is 12.0 Å². The lowest BCUT2D eigenvalue weighted by molar-refractivity contribution is 1.02. The molecule has 0 aromatic carbocycles. The Morgan fingerprint density at radius 2 is 2.36 bits per heavy atom. The van der Waals surface area contributed by atoms with Crippen molar-refractivity contribution < 1.29 is 0 Å². The van der Waals surface area contributed by atoms with Crippen molar-refractivity contribution in [2.24, 2.45) is 5.73 Å². The summed E-state index contributed by atoms with van der Waals surface area (Å²) in [6.45, 7) is 6.77. The van der Waals surface area contributed by atoms with Crippen molar-refractivity contribution in [3.05, 3.63) is 28.5 Å². The zero-order valence-electron chi connectivity index (χ0n) is 6.76. The number of thiophene rings is 1. The van der Waals surface area contributed by atoms with Gasteiger partial charge in [0.25, 0.3) is 0 Å². The first-order valence-electron chi connectivity index (χ1n) is 3.66. The van der Waals surface area contributed by atoms with E-state index < -0.39 is 0 Å². The number of hydrogen-bond donors (Lipinski definition) is 1. The quantitative estimate of drug-likeness (QED) is 0.735. The Morgan fingerprint density at radius 3 is 2.82 bits per heavy atom. The summed E-state index contributed by atoms with van der Waals surface area (Å²) in [4.78, 5) is 0. The van der Waals surface area contributed by atoms with Gasteiger partial charge in [-0.25, -0.2) is 0 Å². The van der Waals surface area contributed by atoms with E-state index in [-0.39, 0.29) is 0 Å². The summed E-state index contributed by atoms with van der Waals surface area (Å²) in [7, 11) is 0.